The van der Waals surface area contributed by atoms with Crippen LogP contribution in [0.4, 0.5) is 5.69 Å². The Morgan fingerprint density at radius 3 is 2.14 bits per heavy atom. The standard InChI is InChI=1S/C22H24Cl2N2O2/c1-22(2,3)16-11-8-15(9-12-16)10-13-20(28)26(4)14-19(27)25-21-17(23)6-5-7-18(21)24/h5-13H,14H2,1-4H3,(H,25,27)/b13-10+. The second kappa shape index (κ2) is 9.26. The van der Waals surface area contributed by atoms with Gasteiger partial charge in [-0.25, -0.2) is 0 Å². The molecule has 2 aromatic rings. The van der Waals surface area contributed by atoms with Crippen LogP contribution in [-0.2, 0) is 15.0 Å². The molecule has 0 aliphatic rings. The average molecular weight is 419 g/mol. The van der Waals surface area contributed by atoms with E-state index in [9.17, 15) is 9.59 Å². The van der Waals surface area contributed by atoms with Gasteiger partial charge in [0.1, 0.15) is 0 Å². The topological polar surface area (TPSA) is 49.4 Å². The highest BCUT2D eigenvalue weighted by molar-refractivity contribution is 6.39. The van der Waals surface area contributed by atoms with Crippen molar-refractivity contribution in [1.29, 1.82) is 0 Å². The number of carbonyl (C=O) groups is 2. The number of anilines is 1. The van der Waals surface area contributed by atoms with Gasteiger partial charge in [0.25, 0.3) is 0 Å². The van der Waals surface area contributed by atoms with Crippen LogP contribution in [0.5, 0.6) is 0 Å². The molecule has 6 heteroatoms. The molecule has 2 amide bonds. The molecule has 0 unspecified atom stereocenters. The van der Waals surface area contributed by atoms with Gasteiger partial charge in [-0.15, -0.1) is 0 Å². The van der Waals surface area contributed by atoms with E-state index in [0.29, 0.717) is 15.7 Å². The highest BCUT2D eigenvalue weighted by Crippen LogP contribution is 2.29. The van der Waals surface area contributed by atoms with Crippen LogP contribution in [0, 0.1) is 0 Å². The Labute approximate surface area is 176 Å². The van der Waals surface area contributed by atoms with Gasteiger partial charge in [-0.3, -0.25) is 9.59 Å². The molecule has 2 rings (SSSR count). The molecule has 0 aliphatic carbocycles. The lowest BCUT2D eigenvalue weighted by molar-refractivity contribution is -0.129. The Morgan fingerprint density at radius 2 is 1.61 bits per heavy atom. The molecular weight excluding hydrogens is 395 g/mol. The summed E-state index contributed by atoms with van der Waals surface area (Å²) in [6.07, 6.45) is 3.18. The van der Waals surface area contributed by atoms with Crippen LogP contribution >= 0.6 is 23.2 Å². The average Bonchev–Trinajstić information content (AvgIpc) is 2.62. The lowest BCUT2D eigenvalue weighted by Gasteiger charge is -2.18. The van der Waals surface area contributed by atoms with E-state index in [2.05, 4.69) is 38.2 Å². The fourth-order valence-electron chi connectivity index (χ4n) is 2.48. The number of rotatable bonds is 5. The molecular formula is C22H24Cl2N2O2. The van der Waals surface area contributed by atoms with Crippen molar-refractivity contribution in [3.05, 3.63) is 69.7 Å². The minimum atomic E-state index is -0.381. The smallest absolute Gasteiger partial charge is 0.246 e. The normalized spacial score (nSPS) is 11.5. The van der Waals surface area contributed by atoms with Gasteiger partial charge in [-0.05, 0) is 34.8 Å². The van der Waals surface area contributed by atoms with Gasteiger partial charge in [0.05, 0.1) is 22.3 Å². The first-order valence-electron chi connectivity index (χ1n) is 8.85. The monoisotopic (exact) mass is 418 g/mol. The molecule has 2 aromatic carbocycles. The summed E-state index contributed by atoms with van der Waals surface area (Å²) in [5.41, 5.74) is 2.56. The van der Waals surface area contributed by atoms with E-state index < -0.39 is 0 Å². The Kier molecular flexibility index (Phi) is 7.28. The van der Waals surface area contributed by atoms with E-state index >= 15 is 0 Å². The predicted octanol–water partition coefficient (Wildman–Crippen LogP) is 5.40. The first kappa shape index (κ1) is 22.0. The van der Waals surface area contributed by atoms with Gasteiger partial charge in [0, 0.05) is 13.1 Å². The van der Waals surface area contributed by atoms with Gasteiger partial charge in [0.2, 0.25) is 11.8 Å². The van der Waals surface area contributed by atoms with E-state index in [0.717, 1.165) is 5.56 Å². The van der Waals surface area contributed by atoms with Gasteiger partial charge < -0.3 is 10.2 Å². The zero-order valence-corrected chi connectivity index (χ0v) is 17.9. The van der Waals surface area contributed by atoms with Crippen molar-refractivity contribution in [1.82, 2.24) is 4.90 Å². The molecule has 0 bridgehead atoms. The van der Waals surface area contributed by atoms with Gasteiger partial charge >= 0.3 is 0 Å². The molecule has 4 nitrogen and oxygen atoms in total. The van der Waals surface area contributed by atoms with E-state index in [1.54, 1.807) is 31.3 Å². The quantitative estimate of drug-likeness (QED) is 0.660. The minimum absolute atomic E-state index is 0.0796. The molecule has 148 valence electrons. The molecule has 0 fully saturated rings. The van der Waals surface area contributed by atoms with Crippen molar-refractivity contribution in [2.45, 2.75) is 26.2 Å². The van der Waals surface area contributed by atoms with Crippen LogP contribution in [0.25, 0.3) is 6.08 Å². The number of amides is 2. The Balaban J connectivity index is 1.95. The highest BCUT2D eigenvalue weighted by atomic mass is 35.5. The van der Waals surface area contributed by atoms with Crippen LogP contribution < -0.4 is 5.32 Å². The van der Waals surface area contributed by atoms with Crippen LogP contribution in [-0.4, -0.2) is 30.3 Å². The summed E-state index contributed by atoms with van der Waals surface area (Å²) in [4.78, 5) is 25.8. The zero-order chi connectivity index (χ0) is 20.9. The predicted molar refractivity (Wildman–Crippen MR) is 117 cm³/mol. The summed E-state index contributed by atoms with van der Waals surface area (Å²) >= 11 is 12.1. The number of carbonyl (C=O) groups excluding carboxylic acids is 2. The number of halogens is 2. The molecule has 0 saturated carbocycles. The number of hydrogen-bond acceptors (Lipinski definition) is 2. The first-order chi connectivity index (χ1) is 13.1. The number of likely N-dealkylation sites (N-methyl/N-ethyl adjacent to an activating group) is 1. The molecule has 0 heterocycles. The molecule has 28 heavy (non-hydrogen) atoms. The Morgan fingerprint density at radius 1 is 1.04 bits per heavy atom. The van der Waals surface area contributed by atoms with Crippen molar-refractivity contribution in [2.75, 3.05) is 18.9 Å². The molecule has 0 spiro atoms. The summed E-state index contributed by atoms with van der Waals surface area (Å²) in [6.45, 7) is 6.33. The number of nitrogens with zero attached hydrogens (tertiary/aromatic N) is 1. The van der Waals surface area contributed by atoms with Crippen LogP contribution in [0.2, 0.25) is 10.0 Å². The van der Waals surface area contributed by atoms with Crippen molar-refractivity contribution in [3.63, 3.8) is 0 Å². The summed E-state index contributed by atoms with van der Waals surface area (Å²) in [5.74, 6) is -0.658. The molecule has 0 aromatic heterocycles. The molecule has 0 saturated heterocycles. The van der Waals surface area contributed by atoms with Crippen molar-refractivity contribution < 1.29 is 9.59 Å². The Hall–Kier alpha value is -2.30. The third kappa shape index (κ3) is 6.11. The first-order valence-corrected chi connectivity index (χ1v) is 9.61. The number of para-hydroxylation sites is 1. The third-order valence-electron chi connectivity index (χ3n) is 4.18. The fourth-order valence-corrected chi connectivity index (χ4v) is 2.97. The fraction of sp³-hybridized carbons (Fsp3) is 0.273. The minimum Gasteiger partial charge on any atom is -0.333 e. The number of nitrogens with one attached hydrogen (secondary N) is 1. The summed E-state index contributed by atoms with van der Waals surface area (Å²) in [7, 11) is 1.56. The number of hydrogen-bond donors (Lipinski definition) is 1. The maximum absolute atomic E-state index is 12.3. The second-order valence-electron chi connectivity index (χ2n) is 7.54. The summed E-state index contributed by atoms with van der Waals surface area (Å²) in [5, 5.41) is 3.32. The molecule has 1 N–H and O–H groups in total. The highest BCUT2D eigenvalue weighted by Gasteiger charge is 2.14. The zero-order valence-electron chi connectivity index (χ0n) is 16.4. The van der Waals surface area contributed by atoms with Crippen molar-refractivity contribution >= 4 is 46.8 Å². The SMILES string of the molecule is CN(CC(=O)Nc1c(Cl)cccc1Cl)C(=O)/C=C/c1ccc(C(C)(C)C)cc1. The maximum Gasteiger partial charge on any atom is 0.246 e. The van der Waals surface area contributed by atoms with Crippen LogP contribution in [0.1, 0.15) is 31.9 Å². The largest absolute Gasteiger partial charge is 0.333 e. The molecule has 0 atom stereocenters. The van der Waals surface area contributed by atoms with E-state index in [4.69, 9.17) is 23.2 Å². The van der Waals surface area contributed by atoms with E-state index in [-0.39, 0.29) is 23.8 Å². The summed E-state index contributed by atoms with van der Waals surface area (Å²) < 4.78 is 0. The van der Waals surface area contributed by atoms with Gasteiger partial charge in [0.15, 0.2) is 0 Å². The van der Waals surface area contributed by atoms with Gasteiger partial charge in [-0.1, -0.05) is 74.3 Å². The number of benzene rings is 2. The van der Waals surface area contributed by atoms with Crippen molar-refractivity contribution in [3.8, 4) is 0 Å². The maximum atomic E-state index is 12.3. The Bertz CT molecular complexity index is 864. The lowest BCUT2D eigenvalue weighted by Crippen LogP contribution is -2.34. The summed E-state index contributed by atoms with van der Waals surface area (Å²) in [6, 6.07) is 13.0. The van der Waals surface area contributed by atoms with Crippen molar-refractivity contribution in [2.24, 2.45) is 0 Å². The third-order valence-corrected chi connectivity index (χ3v) is 4.81. The van der Waals surface area contributed by atoms with Gasteiger partial charge in [-0.2, -0.15) is 0 Å². The molecule has 0 aliphatic heterocycles. The second-order valence-corrected chi connectivity index (χ2v) is 8.36. The van der Waals surface area contributed by atoms with Crippen LogP contribution in [0.15, 0.2) is 48.5 Å². The van der Waals surface area contributed by atoms with Crippen LogP contribution in [0.3, 0.4) is 0 Å². The molecule has 0 radical (unpaired) electrons. The van der Waals surface area contributed by atoms with E-state index in [1.807, 2.05) is 12.1 Å². The van der Waals surface area contributed by atoms with E-state index in [1.165, 1.54) is 16.5 Å². The lowest BCUT2D eigenvalue weighted by atomic mass is 9.87.